The molecule has 1 fully saturated rings. The van der Waals surface area contributed by atoms with Gasteiger partial charge in [0.15, 0.2) is 0 Å². The number of aliphatic hydroxyl groups is 1. The van der Waals surface area contributed by atoms with Crippen LogP contribution in [0.15, 0.2) is 18.2 Å². The summed E-state index contributed by atoms with van der Waals surface area (Å²) in [6.07, 6.45) is -4.60. The number of nitrogens with zero attached hydrogens (tertiary/aromatic N) is 1. The summed E-state index contributed by atoms with van der Waals surface area (Å²) in [5, 5.41) is 12.9. The van der Waals surface area contributed by atoms with Gasteiger partial charge in [-0.2, -0.15) is 13.2 Å². The van der Waals surface area contributed by atoms with E-state index >= 15 is 0 Å². The van der Waals surface area contributed by atoms with Gasteiger partial charge in [0.05, 0.1) is 5.56 Å². The van der Waals surface area contributed by atoms with Crippen LogP contribution in [0.3, 0.4) is 0 Å². The maximum absolute atomic E-state index is 13.8. The fraction of sp³-hybridized carbons (Fsp3) is 0.625. The van der Waals surface area contributed by atoms with Gasteiger partial charge in [0.25, 0.3) is 0 Å². The number of halogens is 5. The third-order valence-corrected chi connectivity index (χ3v) is 4.23. The summed E-state index contributed by atoms with van der Waals surface area (Å²) in [7, 11) is 0. The predicted octanol–water partition coefficient (Wildman–Crippen LogP) is 3.23. The van der Waals surface area contributed by atoms with E-state index in [-0.39, 0.29) is 24.6 Å². The third-order valence-electron chi connectivity index (χ3n) is 4.23. The molecule has 2 rings (SSSR count). The summed E-state index contributed by atoms with van der Waals surface area (Å²) in [6, 6.07) is 2.14. The minimum atomic E-state index is -4.60. The Labute approximate surface area is 145 Å². The monoisotopic (exact) mass is 370 g/mol. The molecule has 3 nitrogen and oxygen atoms in total. The first kappa shape index (κ1) is 21.2. The summed E-state index contributed by atoms with van der Waals surface area (Å²) < 4.78 is 52.8. The average molecular weight is 371 g/mol. The number of hydrogen-bond donors (Lipinski definition) is 2. The minimum Gasteiger partial charge on any atom is -0.396 e. The molecule has 1 aromatic carbocycles. The zero-order valence-electron chi connectivity index (χ0n) is 13.7. The van der Waals surface area contributed by atoms with Gasteiger partial charge in [0.2, 0.25) is 0 Å². The van der Waals surface area contributed by atoms with E-state index in [1.807, 2.05) is 4.90 Å². The van der Waals surface area contributed by atoms with Gasteiger partial charge in [-0.1, -0.05) is 13.8 Å². The molecular formula is C16H23ClF4N2O. The van der Waals surface area contributed by atoms with Gasteiger partial charge in [0, 0.05) is 44.2 Å². The summed E-state index contributed by atoms with van der Waals surface area (Å²) in [6.45, 7) is 6.02. The first-order chi connectivity index (χ1) is 10.6. The lowest BCUT2D eigenvalue weighted by atomic mass is 9.79. The van der Waals surface area contributed by atoms with Gasteiger partial charge in [-0.3, -0.25) is 4.90 Å². The van der Waals surface area contributed by atoms with E-state index in [9.17, 15) is 22.7 Å². The lowest BCUT2D eigenvalue weighted by molar-refractivity contribution is -0.137. The molecule has 2 N–H and O–H groups in total. The van der Waals surface area contributed by atoms with Crippen LogP contribution in [-0.2, 0) is 6.18 Å². The highest BCUT2D eigenvalue weighted by Gasteiger charge is 2.38. The van der Waals surface area contributed by atoms with E-state index in [1.54, 1.807) is 13.8 Å². The lowest BCUT2D eigenvalue weighted by Crippen LogP contribution is -2.49. The molecule has 1 atom stereocenters. The Balaban J connectivity index is 0.00000288. The summed E-state index contributed by atoms with van der Waals surface area (Å²) in [5.74, 6) is -0.913. The molecule has 0 aromatic heterocycles. The van der Waals surface area contributed by atoms with Crippen molar-refractivity contribution in [2.75, 3.05) is 32.8 Å². The fourth-order valence-corrected chi connectivity index (χ4v) is 3.12. The first-order valence-electron chi connectivity index (χ1n) is 7.58. The molecule has 1 aliphatic rings. The van der Waals surface area contributed by atoms with Crippen molar-refractivity contribution in [1.82, 2.24) is 10.2 Å². The van der Waals surface area contributed by atoms with Crippen molar-refractivity contribution >= 4 is 12.4 Å². The van der Waals surface area contributed by atoms with E-state index < -0.39 is 29.0 Å². The van der Waals surface area contributed by atoms with Crippen molar-refractivity contribution in [2.45, 2.75) is 26.1 Å². The number of benzene rings is 1. The summed E-state index contributed by atoms with van der Waals surface area (Å²) in [5.41, 5.74) is -1.45. The molecule has 0 spiro atoms. The maximum Gasteiger partial charge on any atom is 0.416 e. The molecule has 0 aliphatic carbocycles. The molecular weight excluding hydrogens is 348 g/mol. The quantitative estimate of drug-likeness (QED) is 0.799. The molecule has 0 bridgehead atoms. The Bertz CT molecular complexity index is 545. The number of aliphatic hydroxyl groups excluding tert-OH is 1. The Kier molecular flexibility index (Phi) is 7.04. The van der Waals surface area contributed by atoms with Gasteiger partial charge in [-0.05, 0) is 23.8 Å². The molecule has 0 amide bonds. The molecule has 0 saturated carbocycles. The van der Waals surface area contributed by atoms with E-state index in [0.717, 1.165) is 12.1 Å². The zero-order valence-corrected chi connectivity index (χ0v) is 14.5. The van der Waals surface area contributed by atoms with Crippen molar-refractivity contribution in [1.29, 1.82) is 0 Å². The zero-order chi connectivity index (χ0) is 17.3. The smallest absolute Gasteiger partial charge is 0.396 e. The van der Waals surface area contributed by atoms with Gasteiger partial charge >= 0.3 is 6.18 Å². The number of hydrogen-bond acceptors (Lipinski definition) is 3. The van der Waals surface area contributed by atoms with E-state index in [0.29, 0.717) is 32.2 Å². The normalized spacial score (nSPS) is 18.1. The van der Waals surface area contributed by atoms with Crippen LogP contribution in [0.4, 0.5) is 17.6 Å². The van der Waals surface area contributed by atoms with Crippen molar-refractivity contribution in [3.63, 3.8) is 0 Å². The van der Waals surface area contributed by atoms with Crippen LogP contribution in [0.2, 0.25) is 0 Å². The molecule has 0 unspecified atom stereocenters. The van der Waals surface area contributed by atoms with Crippen LogP contribution < -0.4 is 5.32 Å². The van der Waals surface area contributed by atoms with Gasteiger partial charge in [-0.15, -0.1) is 12.4 Å². The molecule has 1 saturated heterocycles. The number of piperazine rings is 1. The molecule has 0 radical (unpaired) electrons. The van der Waals surface area contributed by atoms with Crippen LogP contribution in [0, 0.1) is 11.2 Å². The topological polar surface area (TPSA) is 35.5 Å². The number of nitrogens with one attached hydrogen (secondary N) is 1. The molecule has 24 heavy (non-hydrogen) atoms. The van der Waals surface area contributed by atoms with Gasteiger partial charge in [0.1, 0.15) is 5.82 Å². The summed E-state index contributed by atoms with van der Waals surface area (Å²) in [4.78, 5) is 2.00. The highest BCUT2D eigenvalue weighted by molar-refractivity contribution is 5.85. The molecule has 8 heteroatoms. The Morgan fingerprint density at radius 2 is 1.75 bits per heavy atom. The molecule has 1 aliphatic heterocycles. The number of rotatable bonds is 4. The standard InChI is InChI=1S/C16H22F4N2O.ClH/c1-15(2,10-23)14(22-5-3-21-4-6-22)11-7-12(16(18,19)20)9-13(17)8-11;/h7-9,14,21,23H,3-6,10H2,1-2H3;1H/t14-;/m1./s1. The van der Waals surface area contributed by atoms with Crippen molar-refractivity contribution in [3.05, 3.63) is 35.1 Å². The molecule has 138 valence electrons. The second-order valence-corrected chi connectivity index (χ2v) is 6.61. The van der Waals surface area contributed by atoms with Crippen LogP contribution in [-0.4, -0.2) is 42.8 Å². The van der Waals surface area contributed by atoms with E-state index in [2.05, 4.69) is 5.32 Å². The second kappa shape index (κ2) is 7.99. The van der Waals surface area contributed by atoms with Crippen LogP contribution >= 0.6 is 12.4 Å². The van der Waals surface area contributed by atoms with Gasteiger partial charge < -0.3 is 10.4 Å². The Hall–Kier alpha value is -0.890. The van der Waals surface area contributed by atoms with E-state index in [4.69, 9.17) is 0 Å². The van der Waals surface area contributed by atoms with Crippen LogP contribution in [0.1, 0.15) is 31.0 Å². The summed E-state index contributed by atoms with van der Waals surface area (Å²) >= 11 is 0. The Morgan fingerprint density at radius 3 is 2.25 bits per heavy atom. The largest absolute Gasteiger partial charge is 0.416 e. The van der Waals surface area contributed by atoms with Crippen LogP contribution in [0.5, 0.6) is 0 Å². The van der Waals surface area contributed by atoms with Crippen molar-refractivity contribution in [3.8, 4) is 0 Å². The first-order valence-corrected chi connectivity index (χ1v) is 7.58. The average Bonchev–Trinajstić information content (AvgIpc) is 2.47. The van der Waals surface area contributed by atoms with Crippen molar-refractivity contribution in [2.24, 2.45) is 5.41 Å². The predicted molar refractivity (Wildman–Crippen MR) is 86.7 cm³/mol. The lowest BCUT2D eigenvalue weighted by Gasteiger charge is -2.43. The fourth-order valence-electron chi connectivity index (χ4n) is 3.12. The molecule has 1 aromatic rings. The van der Waals surface area contributed by atoms with Crippen LogP contribution in [0.25, 0.3) is 0 Å². The molecule has 1 heterocycles. The van der Waals surface area contributed by atoms with Gasteiger partial charge in [-0.25, -0.2) is 4.39 Å². The number of alkyl halides is 3. The minimum absolute atomic E-state index is 0. The van der Waals surface area contributed by atoms with Crippen molar-refractivity contribution < 1.29 is 22.7 Å². The Morgan fingerprint density at radius 1 is 1.17 bits per heavy atom. The maximum atomic E-state index is 13.8. The highest BCUT2D eigenvalue weighted by Crippen LogP contribution is 2.40. The SMILES string of the molecule is CC(C)(CO)[C@@H](c1cc(F)cc(C(F)(F)F)c1)N1CCNCC1.Cl. The third kappa shape index (κ3) is 4.81. The second-order valence-electron chi connectivity index (χ2n) is 6.61. The highest BCUT2D eigenvalue weighted by atomic mass is 35.5. The van der Waals surface area contributed by atoms with E-state index in [1.165, 1.54) is 0 Å².